The number of H-pyrrole nitrogens is 1. The number of aromatic amines is 1. The molecule has 0 aliphatic carbocycles. The van der Waals surface area contributed by atoms with Crippen molar-refractivity contribution in [3.8, 4) is 5.69 Å². The van der Waals surface area contributed by atoms with E-state index in [4.69, 9.17) is 0 Å². The lowest BCUT2D eigenvalue weighted by molar-refractivity contribution is 0.884. The van der Waals surface area contributed by atoms with Gasteiger partial charge in [0.2, 0.25) is 0 Å². The molecule has 3 heteroatoms. The summed E-state index contributed by atoms with van der Waals surface area (Å²) in [6, 6.07) is 15.6. The highest BCUT2D eigenvalue weighted by Crippen LogP contribution is 2.17. The van der Waals surface area contributed by atoms with Gasteiger partial charge in [0, 0.05) is 0 Å². The molecule has 0 atom stereocenters. The van der Waals surface area contributed by atoms with Crippen molar-refractivity contribution in [1.82, 2.24) is 9.78 Å². The Morgan fingerprint density at radius 3 is 2.53 bits per heavy atom. The van der Waals surface area contributed by atoms with Gasteiger partial charge >= 0.3 is 0 Å². The summed E-state index contributed by atoms with van der Waals surface area (Å²) in [5.74, 6) is 0. The summed E-state index contributed by atoms with van der Waals surface area (Å²) >= 11 is 0. The second-order valence-electron chi connectivity index (χ2n) is 4.08. The average Bonchev–Trinajstić information content (AvgIpc) is 2.68. The molecule has 0 aliphatic rings. The Bertz CT molecular complexity index is 737. The third-order valence-corrected chi connectivity index (χ3v) is 2.96. The Morgan fingerprint density at radius 2 is 1.71 bits per heavy atom. The summed E-state index contributed by atoms with van der Waals surface area (Å²) in [5.41, 5.74) is 2.99. The van der Waals surface area contributed by atoms with E-state index in [9.17, 15) is 4.79 Å². The zero-order valence-electron chi connectivity index (χ0n) is 9.47. The van der Waals surface area contributed by atoms with Gasteiger partial charge in [-0.05, 0) is 30.7 Å². The molecule has 3 rings (SSSR count). The number of aryl methyl sites for hydroxylation is 1. The topological polar surface area (TPSA) is 37.8 Å². The first-order valence-corrected chi connectivity index (χ1v) is 5.53. The maximum atomic E-state index is 11.8. The van der Waals surface area contributed by atoms with E-state index in [1.807, 2.05) is 60.1 Å². The molecule has 3 aromatic rings. The molecule has 0 saturated heterocycles. The van der Waals surface area contributed by atoms with Crippen molar-refractivity contribution >= 4 is 10.9 Å². The lowest BCUT2D eigenvalue weighted by Gasteiger charge is -2.07. The van der Waals surface area contributed by atoms with Crippen LogP contribution in [0.15, 0.2) is 53.3 Å². The highest BCUT2D eigenvalue weighted by molar-refractivity contribution is 5.80. The normalized spacial score (nSPS) is 10.9. The minimum Gasteiger partial charge on any atom is -0.267 e. The van der Waals surface area contributed by atoms with Crippen molar-refractivity contribution in [2.45, 2.75) is 6.92 Å². The monoisotopic (exact) mass is 224 g/mol. The Morgan fingerprint density at radius 1 is 1.00 bits per heavy atom. The number of para-hydroxylation sites is 2. The Hall–Kier alpha value is -2.29. The van der Waals surface area contributed by atoms with Crippen LogP contribution in [-0.2, 0) is 0 Å². The molecular formula is C14H12N2O. The molecule has 3 nitrogen and oxygen atoms in total. The maximum absolute atomic E-state index is 11.8. The van der Waals surface area contributed by atoms with Gasteiger partial charge in [-0.15, -0.1) is 0 Å². The zero-order chi connectivity index (χ0) is 11.8. The quantitative estimate of drug-likeness (QED) is 0.678. The third kappa shape index (κ3) is 1.47. The molecule has 0 bridgehead atoms. The van der Waals surface area contributed by atoms with Gasteiger partial charge < -0.3 is 0 Å². The molecule has 84 valence electrons. The Labute approximate surface area is 98.3 Å². The molecule has 0 radical (unpaired) electrons. The number of nitrogens with one attached hydrogen (secondary N) is 1. The lowest BCUT2D eigenvalue weighted by atomic mass is 10.2. The number of fused-ring (bicyclic) bond motifs is 1. The molecule has 0 saturated carbocycles. The first-order valence-electron chi connectivity index (χ1n) is 5.53. The van der Waals surface area contributed by atoms with Crippen molar-refractivity contribution in [3.05, 3.63) is 64.4 Å². The molecule has 17 heavy (non-hydrogen) atoms. The fourth-order valence-corrected chi connectivity index (χ4v) is 2.09. The lowest BCUT2D eigenvalue weighted by Crippen LogP contribution is -2.04. The zero-order valence-corrected chi connectivity index (χ0v) is 9.47. The van der Waals surface area contributed by atoms with Crippen molar-refractivity contribution in [2.24, 2.45) is 0 Å². The molecule has 0 unspecified atom stereocenters. The van der Waals surface area contributed by atoms with Crippen LogP contribution in [-0.4, -0.2) is 9.78 Å². The molecule has 2 aromatic carbocycles. The molecule has 1 aromatic heterocycles. The molecule has 0 amide bonds. The first kappa shape index (κ1) is 9.90. The van der Waals surface area contributed by atoms with Crippen LogP contribution < -0.4 is 5.56 Å². The molecule has 1 N–H and O–H groups in total. The van der Waals surface area contributed by atoms with Crippen molar-refractivity contribution in [3.63, 3.8) is 0 Å². The van der Waals surface area contributed by atoms with Crippen LogP contribution >= 0.6 is 0 Å². The highest BCUT2D eigenvalue weighted by atomic mass is 16.1. The van der Waals surface area contributed by atoms with Crippen molar-refractivity contribution < 1.29 is 0 Å². The molecule has 0 spiro atoms. The van der Waals surface area contributed by atoms with Crippen LogP contribution in [0.1, 0.15) is 5.56 Å². The summed E-state index contributed by atoms with van der Waals surface area (Å²) < 4.78 is 1.84. The van der Waals surface area contributed by atoms with Crippen molar-refractivity contribution in [1.29, 1.82) is 0 Å². The number of nitrogens with zero attached hydrogens (tertiary/aromatic N) is 1. The van der Waals surface area contributed by atoms with E-state index in [0.717, 1.165) is 22.2 Å². The van der Waals surface area contributed by atoms with Crippen LogP contribution in [0.4, 0.5) is 0 Å². The minimum atomic E-state index is -0.0520. The van der Waals surface area contributed by atoms with Crippen LogP contribution in [0.25, 0.3) is 16.6 Å². The predicted molar refractivity (Wildman–Crippen MR) is 68.6 cm³/mol. The van der Waals surface area contributed by atoms with Gasteiger partial charge in [-0.25, -0.2) is 0 Å². The summed E-state index contributed by atoms with van der Waals surface area (Å²) in [4.78, 5) is 11.8. The summed E-state index contributed by atoms with van der Waals surface area (Å²) in [6.45, 7) is 2.03. The van der Waals surface area contributed by atoms with Gasteiger partial charge in [-0.1, -0.05) is 30.3 Å². The van der Waals surface area contributed by atoms with Gasteiger partial charge in [0.05, 0.1) is 16.6 Å². The van der Waals surface area contributed by atoms with Gasteiger partial charge in [0.25, 0.3) is 5.56 Å². The highest BCUT2D eigenvalue weighted by Gasteiger charge is 2.08. The van der Waals surface area contributed by atoms with E-state index >= 15 is 0 Å². The SMILES string of the molecule is Cc1ccccc1-n1[nH]c(=O)c2ccccc21. The molecule has 1 heterocycles. The van der Waals surface area contributed by atoms with E-state index in [-0.39, 0.29) is 5.56 Å². The Kier molecular flexibility index (Phi) is 2.11. The number of benzene rings is 2. The van der Waals surface area contributed by atoms with E-state index in [1.165, 1.54) is 0 Å². The van der Waals surface area contributed by atoms with Gasteiger partial charge in [0.15, 0.2) is 0 Å². The number of hydrogen-bond acceptors (Lipinski definition) is 1. The third-order valence-electron chi connectivity index (χ3n) is 2.96. The van der Waals surface area contributed by atoms with Crippen LogP contribution in [0.5, 0.6) is 0 Å². The Balaban J connectivity index is 2.40. The maximum Gasteiger partial charge on any atom is 0.272 e. The number of rotatable bonds is 1. The number of aromatic nitrogens is 2. The van der Waals surface area contributed by atoms with E-state index in [2.05, 4.69) is 5.10 Å². The van der Waals surface area contributed by atoms with E-state index in [0.29, 0.717) is 0 Å². The van der Waals surface area contributed by atoms with Crippen LogP contribution in [0, 0.1) is 6.92 Å². The predicted octanol–water partition coefficient (Wildman–Crippen LogP) is 2.63. The van der Waals surface area contributed by atoms with Crippen molar-refractivity contribution in [2.75, 3.05) is 0 Å². The summed E-state index contributed by atoms with van der Waals surface area (Å²) in [5, 5.41) is 3.59. The smallest absolute Gasteiger partial charge is 0.267 e. The van der Waals surface area contributed by atoms with Gasteiger partial charge in [-0.2, -0.15) is 0 Å². The average molecular weight is 224 g/mol. The van der Waals surface area contributed by atoms with Gasteiger partial charge in [-0.3, -0.25) is 14.6 Å². The summed E-state index contributed by atoms with van der Waals surface area (Å²) in [7, 11) is 0. The van der Waals surface area contributed by atoms with E-state index < -0.39 is 0 Å². The summed E-state index contributed by atoms with van der Waals surface area (Å²) in [6.07, 6.45) is 0. The van der Waals surface area contributed by atoms with Crippen LogP contribution in [0.2, 0.25) is 0 Å². The second kappa shape index (κ2) is 3.63. The second-order valence-corrected chi connectivity index (χ2v) is 4.08. The first-order chi connectivity index (χ1) is 8.27. The standard InChI is InChI=1S/C14H12N2O/c1-10-6-2-4-8-12(10)16-13-9-5-3-7-11(13)14(17)15-16/h2-9H,1H3,(H,15,17). The van der Waals surface area contributed by atoms with E-state index in [1.54, 1.807) is 0 Å². The van der Waals surface area contributed by atoms with Gasteiger partial charge in [0.1, 0.15) is 0 Å². The van der Waals surface area contributed by atoms with Crippen LogP contribution in [0.3, 0.4) is 0 Å². The molecular weight excluding hydrogens is 212 g/mol. The molecule has 0 fully saturated rings. The fourth-order valence-electron chi connectivity index (χ4n) is 2.09. The minimum absolute atomic E-state index is 0.0520. The fraction of sp³-hybridized carbons (Fsp3) is 0.0714. The molecule has 0 aliphatic heterocycles. The number of hydrogen-bond donors (Lipinski definition) is 1. The largest absolute Gasteiger partial charge is 0.272 e.